The Labute approximate surface area is 90.5 Å². The van der Waals surface area contributed by atoms with E-state index in [0.717, 1.165) is 11.4 Å². The highest BCUT2D eigenvalue weighted by Crippen LogP contribution is 2.27. The minimum absolute atomic E-state index is 0.660. The molecule has 80 valence electrons. The number of ether oxygens (including phenoxy) is 1. The highest BCUT2D eigenvalue weighted by molar-refractivity contribution is 5.71. The van der Waals surface area contributed by atoms with E-state index in [1.807, 2.05) is 36.2 Å². The van der Waals surface area contributed by atoms with Gasteiger partial charge in [-0.15, -0.1) is 0 Å². The first-order chi connectivity index (χ1) is 7.22. The number of nitrogen functional groups attached to an aromatic ring is 1. The van der Waals surface area contributed by atoms with Gasteiger partial charge in [-0.25, -0.2) is 0 Å². The number of allylic oxidation sites excluding steroid dienone is 1. The summed E-state index contributed by atoms with van der Waals surface area (Å²) in [4.78, 5) is 1.86. The summed E-state index contributed by atoms with van der Waals surface area (Å²) in [5.74, 6) is 0.751. The molecule has 0 heterocycles. The predicted molar refractivity (Wildman–Crippen MR) is 64.9 cm³/mol. The normalized spacial score (nSPS) is 10.3. The second kappa shape index (κ2) is 5.10. The van der Waals surface area contributed by atoms with Crippen molar-refractivity contribution in [1.82, 2.24) is 0 Å². The van der Waals surface area contributed by atoms with E-state index in [1.54, 1.807) is 19.4 Å². The van der Waals surface area contributed by atoms with Crippen molar-refractivity contribution >= 4 is 11.4 Å². The molecule has 3 heteroatoms. The largest absolute Gasteiger partial charge is 0.497 e. The average molecular weight is 204 g/mol. The first-order valence-corrected chi connectivity index (χ1v) is 4.70. The summed E-state index contributed by atoms with van der Waals surface area (Å²) < 4.78 is 5.08. The smallest absolute Gasteiger partial charge is 0.121 e. The van der Waals surface area contributed by atoms with Crippen LogP contribution in [0.5, 0.6) is 5.75 Å². The Balaban J connectivity index is 3.08. The van der Waals surface area contributed by atoms with Gasteiger partial charge in [-0.3, -0.25) is 0 Å². The van der Waals surface area contributed by atoms with Crippen molar-refractivity contribution in [1.29, 1.82) is 0 Å². The van der Waals surface area contributed by atoms with Gasteiger partial charge >= 0.3 is 0 Å². The Morgan fingerprint density at radius 1 is 1.47 bits per heavy atom. The molecule has 0 spiro atoms. The molecule has 1 aromatic rings. The number of hydrogen-bond acceptors (Lipinski definition) is 3. The molecule has 0 amide bonds. The second-order valence-corrected chi connectivity index (χ2v) is 3.00. The van der Waals surface area contributed by atoms with Crippen LogP contribution in [0, 0.1) is 0 Å². The zero-order valence-electron chi connectivity index (χ0n) is 9.10. The van der Waals surface area contributed by atoms with Gasteiger partial charge in [0.05, 0.1) is 18.5 Å². The van der Waals surface area contributed by atoms with Gasteiger partial charge in [-0.2, -0.15) is 0 Å². The van der Waals surface area contributed by atoms with E-state index in [9.17, 15) is 0 Å². The fourth-order valence-corrected chi connectivity index (χ4v) is 1.29. The lowest BCUT2D eigenvalue weighted by atomic mass is 10.2. The van der Waals surface area contributed by atoms with E-state index in [0.29, 0.717) is 5.69 Å². The maximum Gasteiger partial charge on any atom is 0.121 e. The highest BCUT2D eigenvalue weighted by Gasteiger charge is 2.04. The van der Waals surface area contributed by atoms with Crippen LogP contribution in [0.15, 0.2) is 43.3 Å². The SMILES string of the molecule is C=CN(/C=C\C)c1ccc(OC)cc1N. The molecule has 0 aliphatic rings. The number of benzene rings is 1. The number of hydrogen-bond donors (Lipinski definition) is 1. The van der Waals surface area contributed by atoms with E-state index in [4.69, 9.17) is 10.5 Å². The minimum Gasteiger partial charge on any atom is -0.497 e. The van der Waals surface area contributed by atoms with Crippen LogP contribution >= 0.6 is 0 Å². The molecule has 0 saturated heterocycles. The number of rotatable bonds is 4. The summed E-state index contributed by atoms with van der Waals surface area (Å²) in [7, 11) is 1.62. The Bertz CT molecular complexity index is 372. The molecule has 3 nitrogen and oxygen atoms in total. The fourth-order valence-electron chi connectivity index (χ4n) is 1.29. The van der Waals surface area contributed by atoms with Crippen molar-refractivity contribution in [2.24, 2.45) is 0 Å². The van der Waals surface area contributed by atoms with Crippen LogP contribution in [0.4, 0.5) is 11.4 Å². The molecule has 0 aliphatic carbocycles. The van der Waals surface area contributed by atoms with Crippen molar-refractivity contribution in [3.63, 3.8) is 0 Å². The number of methoxy groups -OCH3 is 1. The number of nitrogens with zero attached hydrogens (tertiary/aromatic N) is 1. The lowest BCUT2D eigenvalue weighted by Gasteiger charge is -2.17. The molecule has 0 saturated carbocycles. The summed E-state index contributed by atoms with van der Waals surface area (Å²) in [6, 6.07) is 5.55. The van der Waals surface area contributed by atoms with Crippen molar-refractivity contribution in [3.05, 3.63) is 43.3 Å². The van der Waals surface area contributed by atoms with E-state index in [-0.39, 0.29) is 0 Å². The van der Waals surface area contributed by atoms with Crippen LogP contribution < -0.4 is 15.4 Å². The quantitative estimate of drug-likeness (QED) is 0.766. The molecule has 1 aromatic carbocycles. The predicted octanol–water partition coefficient (Wildman–Crippen LogP) is 2.76. The van der Waals surface area contributed by atoms with E-state index >= 15 is 0 Å². The molecule has 2 N–H and O–H groups in total. The summed E-state index contributed by atoms with van der Waals surface area (Å²) >= 11 is 0. The van der Waals surface area contributed by atoms with Gasteiger partial charge in [-0.1, -0.05) is 12.7 Å². The lowest BCUT2D eigenvalue weighted by molar-refractivity contribution is 0.415. The lowest BCUT2D eigenvalue weighted by Crippen LogP contribution is -2.08. The van der Waals surface area contributed by atoms with Gasteiger partial charge in [0.2, 0.25) is 0 Å². The first kappa shape index (κ1) is 11.2. The van der Waals surface area contributed by atoms with E-state index < -0.39 is 0 Å². The van der Waals surface area contributed by atoms with Crippen LogP contribution in [0.2, 0.25) is 0 Å². The number of anilines is 2. The molecule has 0 unspecified atom stereocenters. The monoisotopic (exact) mass is 204 g/mol. The summed E-state index contributed by atoms with van der Waals surface area (Å²) in [6.45, 7) is 5.67. The average Bonchev–Trinajstić information content (AvgIpc) is 2.26. The van der Waals surface area contributed by atoms with Crippen LogP contribution in [0.1, 0.15) is 6.92 Å². The molecular weight excluding hydrogens is 188 g/mol. The Morgan fingerprint density at radius 2 is 2.20 bits per heavy atom. The third kappa shape index (κ3) is 2.53. The van der Waals surface area contributed by atoms with Crippen LogP contribution in [0.3, 0.4) is 0 Å². The maximum atomic E-state index is 5.90. The second-order valence-electron chi connectivity index (χ2n) is 3.00. The molecule has 0 radical (unpaired) electrons. The first-order valence-electron chi connectivity index (χ1n) is 4.70. The zero-order valence-corrected chi connectivity index (χ0v) is 9.10. The third-order valence-electron chi connectivity index (χ3n) is 2.02. The molecule has 0 bridgehead atoms. The zero-order chi connectivity index (χ0) is 11.3. The summed E-state index contributed by atoms with van der Waals surface area (Å²) in [5, 5.41) is 0. The van der Waals surface area contributed by atoms with Gasteiger partial charge in [0.15, 0.2) is 0 Å². The fraction of sp³-hybridized carbons (Fsp3) is 0.167. The topological polar surface area (TPSA) is 38.5 Å². The molecule has 0 aromatic heterocycles. The molecule has 0 aliphatic heterocycles. The standard InChI is InChI=1S/C12H16N2O/c1-4-8-14(5-2)12-7-6-10(15-3)9-11(12)13/h4-9H,2,13H2,1,3H3/b8-4-. The molecule has 15 heavy (non-hydrogen) atoms. The minimum atomic E-state index is 0.660. The van der Waals surface area contributed by atoms with E-state index in [2.05, 4.69) is 6.58 Å². The van der Waals surface area contributed by atoms with Gasteiger partial charge in [0.1, 0.15) is 5.75 Å². The van der Waals surface area contributed by atoms with Crippen LogP contribution in [-0.2, 0) is 0 Å². The van der Waals surface area contributed by atoms with Crippen molar-refractivity contribution in [2.75, 3.05) is 17.7 Å². The Kier molecular flexibility index (Phi) is 3.80. The van der Waals surface area contributed by atoms with Gasteiger partial charge in [0, 0.05) is 18.5 Å². The van der Waals surface area contributed by atoms with E-state index in [1.165, 1.54) is 0 Å². The molecule has 0 atom stereocenters. The van der Waals surface area contributed by atoms with Gasteiger partial charge in [-0.05, 0) is 19.1 Å². The van der Waals surface area contributed by atoms with Crippen LogP contribution in [-0.4, -0.2) is 7.11 Å². The number of nitrogens with two attached hydrogens (primary N) is 1. The molecular formula is C12H16N2O. The van der Waals surface area contributed by atoms with Crippen molar-refractivity contribution < 1.29 is 4.74 Å². The van der Waals surface area contributed by atoms with Crippen LogP contribution in [0.25, 0.3) is 0 Å². The Morgan fingerprint density at radius 3 is 2.67 bits per heavy atom. The highest BCUT2D eigenvalue weighted by atomic mass is 16.5. The maximum absolute atomic E-state index is 5.90. The summed E-state index contributed by atoms with van der Waals surface area (Å²) in [5.41, 5.74) is 7.45. The Hall–Kier alpha value is -1.90. The molecule has 0 fully saturated rings. The third-order valence-corrected chi connectivity index (χ3v) is 2.02. The van der Waals surface area contributed by atoms with Crippen molar-refractivity contribution in [3.8, 4) is 5.75 Å². The van der Waals surface area contributed by atoms with Gasteiger partial charge < -0.3 is 15.4 Å². The molecule has 1 rings (SSSR count). The summed E-state index contributed by atoms with van der Waals surface area (Å²) in [6.07, 6.45) is 5.52. The van der Waals surface area contributed by atoms with Gasteiger partial charge in [0.25, 0.3) is 0 Å². The van der Waals surface area contributed by atoms with Crippen molar-refractivity contribution in [2.45, 2.75) is 6.92 Å².